The minimum Gasteiger partial charge on any atom is -0.497 e. The van der Waals surface area contributed by atoms with Gasteiger partial charge in [-0.15, -0.1) is 0 Å². The molecule has 1 saturated carbocycles. The number of rotatable bonds is 4. The molecule has 33 heavy (non-hydrogen) atoms. The van der Waals surface area contributed by atoms with E-state index in [0.717, 1.165) is 11.1 Å². The highest BCUT2D eigenvalue weighted by molar-refractivity contribution is 6.31. The number of carbonyl (C=O) groups excluding carboxylic acids is 3. The normalized spacial score (nSPS) is 21.2. The summed E-state index contributed by atoms with van der Waals surface area (Å²) in [6.45, 7) is 0. The number of hydrogen-bond acceptors (Lipinski definition) is 5. The summed E-state index contributed by atoms with van der Waals surface area (Å²) < 4.78 is 10.6. The van der Waals surface area contributed by atoms with Crippen molar-refractivity contribution in [2.24, 2.45) is 5.41 Å². The summed E-state index contributed by atoms with van der Waals surface area (Å²) in [5.41, 5.74) is 1.08. The Kier molecular flexibility index (Phi) is 5.12. The lowest BCUT2D eigenvalue weighted by molar-refractivity contribution is -0.122. The monoisotopic (exact) mass is 440 g/mol. The number of carbonyl (C=O) groups is 3. The van der Waals surface area contributed by atoms with Gasteiger partial charge in [-0.2, -0.15) is 0 Å². The van der Waals surface area contributed by atoms with E-state index >= 15 is 0 Å². The maximum Gasteiger partial charge on any atom is 0.178 e. The topological polar surface area (TPSA) is 69.7 Å². The summed E-state index contributed by atoms with van der Waals surface area (Å²) in [4.78, 5) is 41.3. The third kappa shape index (κ3) is 3.10. The van der Waals surface area contributed by atoms with E-state index in [2.05, 4.69) is 0 Å². The third-order valence-electron chi connectivity index (χ3n) is 7.17. The molecule has 1 fully saturated rings. The van der Waals surface area contributed by atoms with Crippen molar-refractivity contribution in [1.82, 2.24) is 0 Å². The molecule has 1 spiro atoms. The second kappa shape index (κ2) is 8.00. The predicted molar refractivity (Wildman–Crippen MR) is 123 cm³/mol. The van der Waals surface area contributed by atoms with Gasteiger partial charge in [-0.25, -0.2) is 0 Å². The van der Waals surface area contributed by atoms with Crippen LogP contribution in [-0.4, -0.2) is 31.6 Å². The van der Waals surface area contributed by atoms with Crippen molar-refractivity contribution in [3.05, 3.63) is 95.1 Å². The number of ketones is 3. The fourth-order valence-electron chi connectivity index (χ4n) is 5.60. The molecule has 5 nitrogen and oxygen atoms in total. The van der Waals surface area contributed by atoms with Crippen LogP contribution in [-0.2, 0) is 4.79 Å². The van der Waals surface area contributed by atoms with Crippen molar-refractivity contribution in [3.8, 4) is 11.5 Å². The van der Waals surface area contributed by atoms with Gasteiger partial charge in [0.2, 0.25) is 0 Å². The van der Waals surface area contributed by atoms with Crippen molar-refractivity contribution in [2.75, 3.05) is 14.2 Å². The molecule has 2 unspecified atom stereocenters. The summed E-state index contributed by atoms with van der Waals surface area (Å²) in [6, 6.07) is 21.7. The van der Waals surface area contributed by atoms with E-state index < -0.39 is 17.3 Å². The van der Waals surface area contributed by atoms with Gasteiger partial charge in [-0.1, -0.05) is 48.5 Å². The molecule has 0 amide bonds. The van der Waals surface area contributed by atoms with Gasteiger partial charge in [0.1, 0.15) is 22.7 Å². The van der Waals surface area contributed by atoms with Crippen LogP contribution < -0.4 is 9.47 Å². The molecule has 0 radical (unpaired) electrons. The van der Waals surface area contributed by atoms with Crippen molar-refractivity contribution >= 4 is 17.3 Å². The first-order valence-corrected chi connectivity index (χ1v) is 11.0. The Morgan fingerprint density at radius 3 is 1.39 bits per heavy atom. The Morgan fingerprint density at radius 2 is 1.03 bits per heavy atom. The van der Waals surface area contributed by atoms with E-state index in [1.54, 1.807) is 38.5 Å². The van der Waals surface area contributed by atoms with Gasteiger partial charge < -0.3 is 9.47 Å². The summed E-state index contributed by atoms with van der Waals surface area (Å²) >= 11 is 0. The SMILES string of the molecule is COc1ccc(C2CC(=O)CC(c3ccc(OC)cc3)C23C(=O)c2ccccc2C3=O)cc1. The van der Waals surface area contributed by atoms with Crippen LogP contribution in [0.4, 0.5) is 0 Å². The van der Waals surface area contributed by atoms with Crippen molar-refractivity contribution in [2.45, 2.75) is 24.7 Å². The van der Waals surface area contributed by atoms with Gasteiger partial charge in [-0.05, 0) is 35.4 Å². The highest BCUT2D eigenvalue weighted by atomic mass is 16.5. The molecule has 0 bridgehead atoms. The zero-order valence-corrected chi connectivity index (χ0v) is 18.5. The molecule has 0 saturated heterocycles. The van der Waals surface area contributed by atoms with Crippen LogP contribution in [0, 0.1) is 5.41 Å². The van der Waals surface area contributed by atoms with Gasteiger partial charge in [0, 0.05) is 35.8 Å². The second-order valence-electron chi connectivity index (χ2n) is 8.67. The molecule has 2 aliphatic rings. The van der Waals surface area contributed by atoms with E-state index in [9.17, 15) is 14.4 Å². The van der Waals surface area contributed by atoms with Gasteiger partial charge in [0.05, 0.1) is 14.2 Å². The number of methoxy groups -OCH3 is 2. The smallest absolute Gasteiger partial charge is 0.178 e. The highest BCUT2D eigenvalue weighted by Gasteiger charge is 2.64. The Labute approximate surface area is 192 Å². The standard InChI is InChI=1S/C28H24O5/c1-32-20-11-7-17(8-12-20)24-15-19(29)16-25(18-9-13-21(33-2)14-10-18)28(24)26(30)22-5-3-4-6-23(22)27(28)31/h3-14,24-25H,15-16H2,1-2H3. The second-order valence-corrected chi connectivity index (χ2v) is 8.67. The van der Waals surface area contributed by atoms with Gasteiger partial charge in [0.25, 0.3) is 0 Å². The summed E-state index contributed by atoms with van der Waals surface area (Å²) in [7, 11) is 3.17. The lowest BCUT2D eigenvalue weighted by Crippen LogP contribution is -2.49. The lowest BCUT2D eigenvalue weighted by Gasteiger charge is -2.44. The quantitative estimate of drug-likeness (QED) is 0.534. The van der Waals surface area contributed by atoms with Crippen LogP contribution in [0.1, 0.15) is 56.5 Å². The maximum absolute atomic E-state index is 14.1. The molecule has 2 aliphatic carbocycles. The highest BCUT2D eigenvalue weighted by Crippen LogP contribution is 2.60. The molecule has 0 aromatic heterocycles. The van der Waals surface area contributed by atoms with Gasteiger partial charge in [-0.3, -0.25) is 14.4 Å². The summed E-state index contributed by atoms with van der Waals surface area (Å²) in [5.74, 6) is -0.135. The molecule has 0 heterocycles. The van der Waals surface area contributed by atoms with Crippen LogP contribution in [0.2, 0.25) is 0 Å². The number of Topliss-reactive ketones (excluding diaryl/α,β-unsaturated/α-hetero) is 3. The van der Waals surface area contributed by atoms with Crippen LogP contribution in [0.3, 0.4) is 0 Å². The van der Waals surface area contributed by atoms with E-state index in [1.807, 2.05) is 48.5 Å². The average Bonchev–Trinajstić information content (AvgIpc) is 3.08. The Morgan fingerprint density at radius 1 is 0.636 bits per heavy atom. The van der Waals surface area contributed by atoms with E-state index in [-0.39, 0.29) is 30.2 Å². The minimum atomic E-state index is -1.37. The molecule has 3 aromatic carbocycles. The Hall–Kier alpha value is -3.73. The molecule has 166 valence electrons. The number of fused-ring (bicyclic) bond motifs is 1. The van der Waals surface area contributed by atoms with Crippen LogP contribution in [0.25, 0.3) is 0 Å². The van der Waals surface area contributed by atoms with E-state index in [1.165, 1.54) is 0 Å². The van der Waals surface area contributed by atoms with Crippen molar-refractivity contribution < 1.29 is 23.9 Å². The third-order valence-corrected chi connectivity index (χ3v) is 7.17. The molecule has 5 rings (SSSR count). The average molecular weight is 440 g/mol. The molecule has 0 N–H and O–H groups in total. The van der Waals surface area contributed by atoms with E-state index in [4.69, 9.17) is 9.47 Å². The number of ether oxygens (including phenoxy) is 2. The van der Waals surface area contributed by atoms with Crippen LogP contribution in [0.5, 0.6) is 11.5 Å². The predicted octanol–water partition coefficient (Wildman–Crippen LogP) is 5.00. The maximum atomic E-state index is 14.1. The molecule has 2 atom stereocenters. The van der Waals surface area contributed by atoms with Crippen LogP contribution >= 0.6 is 0 Å². The van der Waals surface area contributed by atoms with E-state index in [0.29, 0.717) is 22.6 Å². The zero-order chi connectivity index (χ0) is 23.2. The summed E-state index contributed by atoms with van der Waals surface area (Å²) in [5, 5.41) is 0. The Balaban J connectivity index is 1.74. The van der Waals surface area contributed by atoms with Gasteiger partial charge in [0.15, 0.2) is 11.6 Å². The summed E-state index contributed by atoms with van der Waals surface area (Å²) in [6.07, 6.45) is 0.287. The Bertz CT molecular complexity index is 1140. The fourth-order valence-corrected chi connectivity index (χ4v) is 5.60. The fraction of sp³-hybridized carbons (Fsp3) is 0.250. The first-order valence-electron chi connectivity index (χ1n) is 11.0. The largest absolute Gasteiger partial charge is 0.497 e. The molecule has 3 aromatic rings. The molecule has 5 heteroatoms. The molecular formula is C28H24O5. The first kappa shape index (κ1) is 21.1. The van der Waals surface area contributed by atoms with Crippen LogP contribution in [0.15, 0.2) is 72.8 Å². The lowest BCUT2D eigenvalue weighted by atomic mass is 9.54. The number of benzene rings is 3. The van der Waals surface area contributed by atoms with Gasteiger partial charge >= 0.3 is 0 Å². The molecule has 0 aliphatic heterocycles. The first-order chi connectivity index (χ1) is 16.0. The zero-order valence-electron chi connectivity index (χ0n) is 18.5. The van der Waals surface area contributed by atoms with Crippen molar-refractivity contribution in [1.29, 1.82) is 0 Å². The van der Waals surface area contributed by atoms with Crippen molar-refractivity contribution in [3.63, 3.8) is 0 Å². The molecular weight excluding hydrogens is 416 g/mol. The minimum absolute atomic E-state index is 0.0406. The number of hydrogen-bond donors (Lipinski definition) is 0.